The van der Waals surface area contributed by atoms with E-state index in [1.165, 1.54) is 82.6 Å². The Hall–Kier alpha value is -0.870. The molecule has 0 aromatic heterocycles. The predicted octanol–water partition coefficient (Wildman–Crippen LogP) is 4.83. The smallest absolute Gasteiger partial charge is 0.104 e. The first-order valence-corrected chi connectivity index (χ1v) is 13.5. The van der Waals surface area contributed by atoms with Crippen LogP contribution in [0.5, 0.6) is 0 Å². The molecule has 192 valence electrons. The van der Waals surface area contributed by atoms with Crippen molar-refractivity contribution in [3.8, 4) is 0 Å². The summed E-state index contributed by atoms with van der Waals surface area (Å²) >= 11 is 0. The van der Waals surface area contributed by atoms with Crippen LogP contribution >= 0.6 is 0 Å². The molecule has 33 heavy (non-hydrogen) atoms. The van der Waals surface area contributed by atoms with Crippen LogP contribution in [0.3, 0.4) is 0 Å². The highest BCUT2D eigenvalue weighted by Gasteiger charge is 2.14. The highest BCUT2D eigenvalue weighted by molar-refractivity contribution is 5.13. The fraction of sp³-hybridized carbons (Fsp3) is 0.724. The predicted molar refractivity (Wildman–Crippen MR) is 141 cm³/mol. The number of hydrogen-bond acceptors (Lipinski definition) is 2. The average molecular weight is 481 g/mol. The van der Waals surface area contributed by atoms with Gasteiger partial charge in [-0.1, -0.05) is 101 Å². The third-order valence-corrected chi connectivity index (χ3v) is 6.11. The van der Waals surface area contributed by atoms with Gasteiger partial charge in [0.15, 0.2) is 0 Å². The maximum Gasteiger partial charge on any atom is 0.104 e. The molecule has 0 bridgehead atoms. The summed E-state index contributed by atoms with van der Waals surface area (Å²) in [6.45, 7) is 6.28. The van der Waals surface area contributed by atoms with E-state index in [-0.39, 0.29) is 12.4 Å². The summed E-state index contributed by atoms with van der Waals surface area (Å²) in [5, 5.41) is 0. The number of hydroxylamine groups is 1. The Morgan fingerprint density at radius 3 is 1.97 bits per heavy atom. The zero-order valence-corrected chi connectivity index (χ0v) is 22.8. The number of quaternary nitrogens is 1. The van der Waals surface area contributed by atoms with Crippen LogP contribution in [0.15, 0.2) is 42.5 Å². The van der Waals surface area contributed by atoms with Crippen LogP contribution < -0.4 is 17.9 Å². The first-order valence-electron chi connectivity index (χ1n) is 13.5. The Morgan fingerprint density at radius 1 is 0.758 bits per heavy atom. The van der Waals surface area contributed by atoms with Gasteiger partial charge in [-0.05, 0) is 32.1 Å². The van der Waals surface area contributed by atoms with Crippen molar-refractivity contribution in [2.45, 2.75) is 103 Å². The number of allylic oxidation sites excluding steroid dienone is 2. The summed E-state index contributed by atoms with van der Waals surface area (Å²) in [6.07, 6.45) is 23.3. The minimum atomic E-state index is 0. The van der Waals surface area contributed by atoms with Crippen LogP contribution in [-0.2, 0) is 11.4 Å². The SMILES string of the molecule is CCCCCCCC/C=C\CCCCCCCONCCC[N+](C)(C)Cc1ccccc1.[Cl-]. The number of benzene rings is 1. The second-order valence-electron chi connectivity index (χ2n) is 9.98. The molecule has 0 atom stereocenters. The van der Waals surface area contributed by atoms with Gasteiger partial charge < -0.3 is 21.7 Å². The van der Waals surface area contributed by atoms with Crippen molar-refractivity contribution in [2.24, 2.45) is 0 Å². The molecule has 0 aliphatic carbocycles. The van der Waals surface area contributed by atoms with Crippen molar-refractivity contribution < 1.29 is 21.7 Å². The minimum absolute atomic E-state index is 0. The molecule has 0 aliphatic rings. The lowest BCUT2D eigenvalue weighted by atomic mass is 10.1. The summed E-state index contributed by atoms with van der Waals surface area (Å²) in [4.78, 5) is 5.61. The Morgan fingerprint density at radius 2 is 1.33 bits per heavy atom. The van der Waals surface area contributed by atoms with Gasteiger partial charge in [-0.3, -0.25) is 0 Å². The molecule has 0 radical (unpaired) electrons. The summed E-state index contributed by atoms with van der Waals surface area (Å²) in [5.74, 6) is 0. The number of nitrogens with zero attached hydrogens (tertiary/aromatic N) is 1. The summed E-state index contributed by atoms with van der Waals surface area (Å²) in [6, 6.07) is 10.8. The van der Waals surface area contributed by atoms with Gasteiger partial charge in [0.05, 0.1) is 27.2 Å². The first-order chi connectivity index (χ1) is 15.6. The molecule has 3 nitrogen and oxygen atoms in total. The van der Waals surface area contributed by atoms with Crippen LogP contribution in [0.4, 0.5) is 0 Å². The van der Waals surface area contributed by atoms with Crippen LogP contribution in [0.2, 0.25) is 0 Å². The largest absolute Gasteiger partial charge is 1.00 e. The van der Waals surface area contributed by atoms with Gasteiger partial charge in [-0.2, -0.15) is 0 Å². The van der Waals surface area contributed by atoms with Gasteiger partial charge >= 0.3 is 0 Å². The molecule has 1 aromatic rings. The van der Waals surface area contributed by atoms with E-state index in [1.54, 1.807) is 0 Å². The Bertz CT molecular complexity index is 548. The van der Waals surface area contributed by atoms with Crippen LogP contribution in [0.25, 0.3) is 0 Å². The van der Waals surface area contributed by atoms with Gasteiger partial charge in [-0.25, -0.2) is 5.48 Å². The van der Waals surface area contributed by atoms with Crippen LogP contribution in [0, 0.1) is 0 Å². The Balaban J connectivity index is 0.0000102. The third-order valence-electron chi connectivity index (χ3n) is 6.11. The molecule has 0 fully saturated rings. The van der Waals surface area contributed by atoms with Gasteiger partial charge in [0.2, 0.25) is 0 Å². The molecule has 0 heterocycles. The second-order valence-corrected chi connectivity index (χ2v) is 9.98. The first kappa shape index (κ1) is 32.1. The van der Waals surface area contributed by atoms with Crippen LogP contribution in [0.1, 0.15) is 102 Å². The van der Waals surface area contributed by atoms with Crippen molar-refractivity contribution in [1.82, 2.24) is 5.48 Å². The fourth-order valence-electron chi connectivity index (χ4n) is 4.13. The van der Waals surface area contributed by atoms with Crippen molar-refractivity contribution in [2.75, 3.05) is 33.8 Å². The molecule has 4 heteroatoms. The monoisotopic (exact) mass is 480 g/mol. The zero-order chi connectivity index (χ0) is 23.2. The molecule has 0 unspecified atom stereocenters. The third kappa shape index (κ3) is 21.4. The number of hydrogen-bond donors (Lipinski definition) is 1. The standard InChI is InChI=1S/C29H53N2O.ClH/c1-4-5-6-7-8-9-10-11-12-13-14-15-16-17-21-27-32-30-25-22-26-31(2,3)28-29-23-19-18-20-24-29;/h11-12,18-20,23-24,30H,4-10,13-17,21-22,25-28H2,1-3H3;1H/q+1;/p-1/b12-11-;. The molecule has 1 rings (SSSR count). The molecule has 0 saturated carbocycles. The summed E-state index contributed by atoms with van der Waals surface area (Å²) in [7, 11) is 4.61. The molecule has 0 amide bonds. The fourth-order valence-corrected chi connectivity index (χ4v) is 4.13. The molecule has 1 N–H and O–H groups in total. The van der Waals surface area contributed by atoms with Gasteiger partial charge in [0, 0.05) is 18.5 Å². The van der Waals surface area contributed by atoms with Gasteiger partial charge in [0.1, 0.15) is 6.54 Å². The van der Waals surface area contributed by atoms with E-state index >= 15 is 0 Å². The lowest BCUT2D eigenvalue weighted by molar-refractivity contribution is -0.903. The van der Waals surface area contributed by atoms with Gasteiger partial charge in [0.25, 0.3) is 0 Å². The number of halogens is 1. The quantitative estimate of drug-likeness (QED) is 0.111. The lowest BCUT2D eigenvalue weighted by Crippen LogP contribution is -3.00. The number of rotatable bonds is 22. The maximum atomic E-state index is 5.61. The zero-order valence-electron chi connectivity index (χ0n) is 22.0. The molecule has 0 spiro atoms. The Labute approximate surface area is 212 Å². The number of nitrogens with one attached hydrogen (secondary N) is 1. The molecular formula is C29H53ClN2O. The summed E-state index contributed by atoms with van der Waals surface area (Å²) < 4.78 is 1.01. The van der Waals surface area contributed by atoms with E-state index in [2.05, 4.69) is 69.0 Å². The van der Waals surface area contributed by atoms with Crippen molar-refractivity contribution >= 4 is 0 Å². The van der Waals surface area contributed by atoms with E-state index in [4.69, 9.17) is 4.84 Å². The average Bonchev–Trinajstić information content (AvgIpc) is 2.78. The van der Waals surface area contributed by atoms with E-state index in [9.17, 15) is 0 Å². The molecule has 0 saturated heterocycles. The Kier molecular flexibility index (Phi) is 22.3. The van der Waals surface area contributed by atoms with Crippen molar-refractivity contribution in [3.63, 3.8) is 0 Å². The normalized spacial score (nSPS) is 11.7. The second kappa shape index (κ2) is 22.9. The van der Waals surface area contributed by atoms with E-state index in [1.807, 2.05) is 0 Å². The van der Waals surface area contributed by atoms with E-state index in [0.29, 0.717) is 0 Å². The highest BCUT2D eigenvalue weighted by atomic mass is 35.5. The molecule has 0 aliphatic heterocycles. The highest BCUT2D eigenvalue weighted by Crippen LogP contribution is 2.10. The van der Waals surface area contributed by atoms with Crippen LogP contribution in [-0.4, -0.2) is 38.3 Å². The maximum absolute atomic E-state index is 5.61. The van der Waals surface area contributed by atoms with Crippen molar-refractivity contribution in [3.05, 3.63) is 48.0 Å². The number of unbranched alkanes of at least 4 members (excludes halogenated alkanes) is 11. The van der Waals surface area contributed by atoms with E-state index < -0.39 is 0 Å². The minimum Gasteiger partial charge on any atom is -1.00 e. The van der Waals surface area contributed by atoms with Crippen molar-refractivity contribution in [1.29, 1.82) is 0 Å². The molecule has 1 aromatic carbocycles. The molecular weight excluding hydrogens is 428 g/mol. The topological polar surface area (TPSA) is 21.3 Å². The lowest BCUT2D eigenvalue weighted by Gasteiger charge is -2.30. The van der Waals surface area contributed by atoms with E-state index in [0.717, 1.165) is 43.6 Å². The summed E-state index contributed by atoms with van der Waals surface area (Å²) in [5.41, 5.74) is 4.56. The van der Waals surface area contributed by atoms with Gasteiger partial charge in [-0.15, -0.1) is 0 Å².